The molecule has 0 aliphatic heterocycles. The van der Waals surface area contributed by atoms with Gasteiger partial charge in [-0.05, 0) is 30.7 Å². The molecule has 1 atom stereocenters. The maximum Gasteiger partial charge on any atom is 0.264 e. The molecule has 2 rings (SSSR count). The van der Waals surface area contributed by atoms with Crippen LogP contribution < -0.4 is 5.56 Å². The van der Waals surface area contributed by atoms with Crippen molar-refractivity contribution >= 4 is 0 Å². The van der Waals surface area contributed by atoms with Crippen LogP contribution in [-0.4, -0.2) is 10.2 Å². The molecule has 1 aromatic heterocycles. The lowest BCUT2D eigenvalue weighted by Crippen LogP contribution is -2.21. The molecule has 14 heavy (non-hydrogen) atoms. The van der Waals surface area contributed by atoms with Crippen molar-refractivity contribution in [1.29, 1.82) is 0 Å². The fourth-order valence-electron chi connectivity index (χ4n) is 2.27. The van der Waals surface area contributed by atoms with Crippen LogP contribution in [0.4, 0.5) is 0 Å². The summed E-state index contributed by atoms with van der Waals surface area (Å²) in [6.07, 6.45) is 3.39. The van der Waals surface area contributed by atoms with E-state index in [9.17, 15) is 4.79 Å². The third-order valence-corrected chi connectivity index (χ3v) is 3.04. The van der Waals surface area contributed by atoms with Gasteiger partial charge in [-0.25, -0.2) is 5.10 Å². The highest BCUT2D eigenvalue weighted by atomic mass is 16.1. The largest absolute Gasteiger partial charge is 0.268 e. The second-order valence-corrected chi connectivity index (χ2v) is 4.39. The zero-order valence-electron chi connectivity index (χ0n) is 8.71. The first kappa shape index (κ1) is 9.44. The fraction of sp³-hybridized carbons (Fsp3) is 0.636. The first-order chi connectivity index (χ1) is 6.68. The quantitative estimate of drug-likeness (QED) is 0.738. The Labute approximate surface area is 83.5 Å². The third-order valence-electron chi connectivity index (χ3n) is 3.04. The van der Waals surface area contributed by atoms with Crippen molar-refractivity contribution in [2.75, 3.05) is 0 Å². The van der Waals surface area contributed by atoms with Crippen LogP contribution in [0.1, 0.15) is 43.9 Å². The minimum atomic E-state index is -0.0758. The molecule has 1 aliphatic carbocycles. The molecule has 0 saturated heterocycles. The topological polar surface area (TPSA) is 45.8 Å². The summed E-state index contributed by atoms with van der Waals surface area (Å²) in [6.45, 7) is 4.43. The molecule has 76 valence electrons. The van der Waals surface area contributed by atoms with E-state index in [4.69, 9.17) is 0 Å². The molecule has 0 radical (unpaired) electrons. The van der Waals surface area contributed by atoms with Gasteiger partial charge >= 0.3 is 0 Å². The normalized spacial score (nSPS) is 20.9. The van der Waals surface area contributed by atoms with Gasteiger partial charge in [0.25, 0.3) is 5.56 Å². The predicted molar refractivity (Wildman–Crippen MR) is 55.4 cm³/mol. The Balaban J connectivity index is 2.44. The molecule has 0 bridgehead atoms. The molecule has 3 nitrogen and oxygen atoms in total. The molecule has 1 aliphatic rings. The second kappa shape index (κ2) is 3.56. The highest BCUT2D eigenvalue weighted by Gasteiger charge is 2.24. The first-order valence-corrected chi connectivity index (χ1v) is 5.27. The van der Waals surface area contributed by atoms with Gasteiger partial charge in [0.1, 0.15) is 0 Å². The van der Waals surface area contributed by atoms with Crippen LogP contribution in [-0.2, 0) is 6.42 Å². The van der Waals surface area contributed by atoms with E-state index in [2.05, 4.69) is 24.0 Å². The number of rotatable bonds is 1. The second-order valence-electron chi connectivity index (χ2n) is 4.39. The summed E-state index contributed by atoms with van der Waals surface area (Å²) in [5.74, 6) is 1.13. The first-order valence-electron chi connectivity index (χ1n) is 5.27. The van der Waals surface area contributed by atoms with Gasteiger partial charge in [-0.15, -0.1) is 0 Å². The van der Waals surface area contributed by atoms with E-state index >= 15 is 0 Å². The highest BCUT2D eigenvalue weighted by Crippen LogP contribution is 2.34. The van der Waals surface area contributed by atoms with Crippen molar-refractivity contribution in [3.63, 3.8) is 0 Å². The Kier molecular flexibility index (Phi) is 2.40. The van der Waals surface area contributed by atoms with Gasteiger partial charge in [-0.2, -0.15) is 5.10 Å². The average molecular weight is 192 g/mol. The van der Waals surface area contributed by atoms with Crippen molar-refractivity contribution < 1.29 is 0 Å². The van der Waals surface area contributed by atoms with Crippen molar-refractivity contribution in [3.05, 3.63) is 27.7 Å². The molecule has 0 aromatic carbocycles. The number of nitrogens with one attached hydrogen (secondary N) is 1. The van der Waals surface area contributed by atoms with Crippen LogP contribution in [0.25, 0.3) is 0 Å². The van der Waals surface area contributed by atoms with Gasteiger partial charge in [0, 0.05) is 12.0 Å². The summed E-state index contributed by atoms with van der Waals surface area (Å²) < 4.78 is 0. The summed E-state index contributed by atoms with van der Waals surface area (Å²) in [4.78, 5) is 11.1. The van der Waals surface area contributed by atoms with Crippen LogP contribution in [0.3, 0.4) is 0 Å². The van der Waals surface area contributed by atoms with E-state index in [1.165, 1.54) is 12.8 Å². The lowest BCUT2D eigenvalue weighted by molar-refractivity contribution is 0.418. The molecule has 0 amide bonds. The summed E-state index contributed by atoms with van der Waals surface area (Å²) in [5.41, 5.74) is 2.19. The Morgan fingerprint density at radius 3 is 3.07 bits per heavy atom. The average Bonchev–Trinajstić information content (AvgIpc) is 2.16. The fourth-order valence-corrected chi connectivity index (χ4v) is 2.27. The summed E-state index contributed by atoms with van der Waals surface area (Å²) in [7, 11) is 0. The Morgan fingerprint density at radius 2 is 2.36 bits per heavy atom. The minimum Gasteiger partial charge on any atom is -0.268 e. The summed E-state index contributed by atoms with van der Waals surface area (Å²) in [6, 6.07) is 1.71. The monoisotopic (exact) mass is 192 g/mol. The number of aromatic amines is 1. The number of H-pyrrole nitrogens is 1. The van der Waals surface area contributed by atoms with Gasteiger partial charge < -0.3 is 0 Å². The molecule has 3 heteroatoms. The number of nitrogens with zero attached hydrogens (tertiary/aromatic N) is 1. The van der Waals surface area contributed by atoms with Crippen LogP contribution in [0.5, 0.6) is 0 Å². The molecule has 0 spiro atoms. The van der Waals surface area contributed by atoms with Crippen LogP contribution in [0, 0.1) is 5.92 Å². The maximum absolute atomic E-state index is 11.1. The number of aryl methyl sites for hydroxylation is 1. The standard InChI is InChI=1S/C11H16N2O/c1-7(2)9-5-3-4-8-6-10(14)12-13-11(8)9/h6-7,9H,3-5H2,1-2H3,(H,12,14). The molecule has 1 N–H and O–H groups in total. The molecular weight excluding hydrogens is 176 g/mol. The van der Waals surface area contributed by atoms with E-state index < -0.39 is 0 Å². The van der Waals surface area contributed by atoms with E-state index in [1.54, 1.807) is 6.07 Å². The SMILES string of the molecule is CC(C)C1CCCc2cc(=O)[nH]nc21. The van der Waals surface area contributed by atoms with E-state index in [0.717, 1.165) is 17.7 Å². The third kappa shape index (κ3) is 1.59. The van der Waals surface area contributed by atoms with E-state index in [0.29, 0.717) is 11.8 Å². The van der Waals surface area contributed by atoms with Gasteiger partial charge in [0.05, 0.1) is 5.69 Å². The van der Waals surface area contributed by atoms with Gasteiger partial charge in [-0.1, -0.05) is 13.8 Å². The zero-order chi connectivity index (χ0) is 10.1. The van der Waals surface area contributed by atoms with Crippen LogP contribution in [0.15, 0.2) is 10.9 Å². The Hall–Kier alpha value is -1.12. The van der Waals surface area contributed by atoms with Gasteiger partial charge in [-0.3, -0.25) is 4.79 Å². The Bertz CT molecular complexity index is 381. The highest BCUT2D eigenvalue weighted by molar-refractivity contribution is 5.24. The molecule has 0 fully saturated rings. The molecule has 1 unspecified atom stereocenters. The van der Waals surface area contributed by atoms with Crippen molar-refractivity contribution in [2.24, 2.45) is 5.92 Å². The number of hydrogen-bond acceptors (Lipinski definition) is 2. The van der Waals surface area contributed by atoms with Gasteiger partial charge in [0.15, 0.2) is 0 Å². The van der Waals surface area contributed by atoms with Gasteiger partial charge in [0.2, 0.25) is 0 Å². The minimum absolute atomic E-state index is 0.0758. The zero-order valence-corrected chi connectivity index (χ0v) is 8.71. The molecule has 0 saturated carbocycles. The van der Waals surface area contributed by atoms with E-state index in [1.807, 2.05) is 0 Å². The number of hydrogen-bond donors (Lipinski definition) is 1. The van der Waals surface area contributed by atoms with Crippen LogP contribution >= 0.6 is 0 Å². The summed E-state index contributed by atoms with van der Waals surface area (Å²) in [5, 5.41) is 6.72. The smallest absolute Gasteiger partial charge is 0.264 e. The maximum atomic E-state index is 11.1. The number of fused-ring (bicyclic) bond motifs is 1. The Morgan fingerprint density at radius 1 is 1.57 bits per heavy atom. The van der Waals surface area contributed by atoms with E-state index in [-0.39, 0.29) is 5.56 Å². The molecular formula is C11H16N2O. The number of aromatic nitrogens is 2. The predicted octanol–water partition coefficient (Wildman–Crippen LogP) is 1.85. The summed E-state index contributed by atoms with van der Waals surface area (Å²) >= 11 is 0. The van der Waals surface area contributed by atoms with Crippen molar-refractivity contribution in [3.8, 4) is 0 Å². The van der Waals surface area contributed by atoms with Crippen LogP contribution in [0.2, 0.25) is 0 Å². The lowest BCUT2D eigenvalue weighted by atomic mass is 9.80. The molecule has 1 aromatic rings. The van der Waals surface area contributed by atoms with Crippen molar-refractivity contribution in [2.45, 2.75) is 39.0 Å². The lowest BCUT2D eigenvalue weighted by Gasteiger charge is -2.26. The van der Waals surface area contributed by atoms with Crippen molar-refractivity contribution in [1.82, 2.24) is 10.2 Å². The molecule has 1 heterocycles.